The van der Waals surface area contributed by atoms with Crippen LogP contribution in [0.2, 0.25) is 0 Å². The number of hydrogen-bond acceptors (Lipinski definition) is 2. The van der Waals surface area contributed by atoms with Crippen molar-refractivity contribution in [1.82, 2.24) is 0 Å². The van der Waals surface area contributed by atoms with Gasteiger partial charge in [-0.05, 0) is 60.8 Å². The van der Waals surface area contributed by atoms with Crippen LogP contribution in [0.1, 0.15) is 35.1 Å². The van der Waals surface area contributed by atoms with Gasteiger partial charge in [0.15, 0.2) is 0 Å². The van der Waals surface area contributed by atoms with Gasteiger partial charge in [-0.15, -0.1) is 0 Å². The van der Waals surface area contributed by atoms with Crippen LogP contribution in [0.25, 0.3) is 0 Å². The highest BCUT2D eigenvalue weighted by Crippen LogP contribution is 2.38. The molecule has 1 N–H and O–H groups in total. The summed E-state index contributed by atoms with van der Waals surface area (Å²) in [5, 5.41) is 3.43. The Kier molecular flexibility index (Phi) is 3.28. The summed E-state index contributed by atoms with van der Waals surface area (Å²) in [5.41, 5.74) is 7.96. The van der Waals surface area contributed by atoms with Crippen LogP contribution < -0.4 is 5.32 Å². The van der Waals surface area contributed by atoms with Gasteiger partial charge >= 0.3 is 0 Å². The Balaban J connectivity index is 0.000000457. The molecule has 16 heavy (non-hydrogen) atoms. The minimum Gasteiger partial charge on any atom is -0.388 e. The molecule has 0 saturated heterocycles. The highest BCUT2D eigenvalue weighted by Gasteiger charge is 2.22. The Morgan fingerprint density at radius 2 is 1.50 bits per heavy atom. The third kappa shape index (κ3) is 1.62. The second-order valence-electron chi connectivity index (χ2n) is 4.48. The number of benzene rings is 1. The number of fused-ring (bicyclic) bond motifs is 2. The molecule has 2 aliphatic carbocycles. The van der Waals surface area contributed by atoms with Gasteiger partial charge in [-0.3, -0.25) is 0 Å². The van der Waals surface area contributed by atoms with Gasteiger partial charge in [0.2, 0.25) is 0 Å². The fourth-order valence-electron chi connectivity index (χ4n) is 3.12. The van der Waals surface area contributed by atoms with E-state index in [2.05, 4.69) is 18.4 Å². The summed E-state index contributed by atoms with van der Waals surface area (Å²) < 4.78 is 0. The van der Waals surface area contributed by atoms with E-state index in [0.717, 1.165) is 0 Å². The van der Waals surface area contributed by atoms with Gasteiger partial charge in [-0.1, -0.05) is 6.07 Å². The maximum atomic E-state index is 8.00. The normalized spacial score (nSPS) is 16.1. The summed E-state index contributed by atoms with van der Waals surface area (Å²) in [6.07, 6.45) is 7.89. The summed E-state index contributed by atoms with van der Waals surface area (Å²) in [4.78, 5) is 8.00. The van der Waals surface area contributed by atoms with Crippen molar-refractivity contribution in [3.8, 4) is 0 Å². The van der Waals surface area contributed by atoms with E-state index in [4.69, 9.17) is 4.79 Å². The molecule has 0 amide bonds. The summed E-state index contributed by atoms with van der Waals surface area (Å²) in [6.45, 7) is 2.00. The van der Waals surface area contributed by atoms with Crippen LogP contribution in [0.4, 0.5) is 5.69 Å². The Bertz CT molecular complexity index is 366. The van der Waals surface area contributed by atoms with Crippen molar-refractivity contribution in [3.63, 3.8) is 0 Å². The van der Waals surface area contributed by atoms with Gasteiger partial charge < -0.3 is 10.1 Å². The first-order valence-corrected chi connectivity index (χ1v) is 6.03. The fraction of sp³-hybridized carbons (Fsp3) is 0.500. The predicted octanol–water partition coefficient (Wildman–Crippen LogP) is 2.52. The molecule has 0 heterocycles. The van der Waals surface area contributed by atoms with Crippen molar-refractivity contribution in [2.75, 3.05) is 12.4 Å². The predicted molar refractivity (Wildman–Crippen MR) is 67.2 cm³/mol. The number of carbonyl (C=O) groups excluding carboxylic acids is 1. The highest BCUT2D eigenvalue weighted by atomic mass is 16.1. The lowest BCUT2D eigenvalue weighted by Gasteiger charge is -2.14. The molecule has 0 aromatic heterocycles. The smallest absolute Gasteiger partial charge is 0.106 e. The molecule has 0 bridgehead atoms. The van der Waals surface area contributed by atoms with Crippen molar-refractivity contribution < 1.29 is 4.79 Å². The van der Waals surface area contributed by atoms with Gasteiger partial charge in [0.05, 0.1) is 0 Å². The van der Waals surface area contributed by atoms with E-state index in [1.807, 2.05) is 6.79 Å². The quantitative estimate of drug-likeness (QED) is 0.783. The molecular weight excluding hydrogens is 198 g/mol. The topological polar surface area (TPSA) is 29.1 Å². The maximum Gasteiger partial charge on any atom is 0.106 e. The second kappa shape index (κ2) is 4.69. The van der Waals surface area contributed by atoms with Crippen molar-refractivity contribution in [2.45, 2.75) is 38.5 Å². The van der Waals surface area contributed by atoms with Crippen LogP contribution in [-0.2, 0) is 30.5 Å². The van der Waals surface area contributed by atoms with Crippen LogP contribution in [-0.4, -0.2) is 13.8 Å². The monoisotopic (exact) mass is 217 g/mol. The van der Waals surface area contributed by atoms with Gasteiger partial charge in [0.25, 0.3) is 0 Å². The average molecular weight is 217 g/mol. The Hall–Kier alpha value is -1.31. The number of hydrogen-bond donors (Lipinski definition) is 1. The highest BCUT2D eigenvalue weighted by molar-refractivity contribution is 5.65. The number of carbonyl (C=O) groups is 1. The number of anilines is 1. The Labute approximate surface area is 97.1 Å². The van der Waals surface area contributed by atoms with Crippen molar-refractivity contribution in [3.05, 3.63) is 28.3 Å². The molecule has 0 aliphatic heterocycles. The molecular formula is C14H19NO. The molecule has 1 aromatic carbocycles. The van der Waals surface area contributed by atoms with Gasteiger partial charge in [-0.2, -0.15) is 0 Å². The standard InChI is InChI=1S/C13H17N.CH2O/c1-14-13-11-6-2-4-9(11)8-10-5-3-7-12(10)13;1-2/h8,14H,2-7H2,1H3;1H2. The largest absolute Gasteiger partial charge is 0.388 e. The van der Waals surface area contributed by atoms with Crippen molar-refractivity contribution in [2.24, 2.45) is 0 Å². The van der Waals surface area contributed by atoms with Crippen LogP contribution in [0.3, 0.4) is 0 Å². The number of aryl methyl sites for hydroxylation is 2. The molecule has 2 aliphatic rings. The van der Waals surface area contributed by atoms with Crippen molar-refractivity contribution in [1.29, 1.82) is 0 Å². The van der Waals surface area contributed by atoms with Gasteiger partial charge in [-0.25, -0.2) is 0 Å². The zero-order valence-electron chi connectivity index (χ0n) is 9.94. The Morgan fingerprint density at radius 3 is 1.94 bits per heavy atom. The van der Waals surface area contributed by atoms with E-state index < -0.39 is 0 Å². The zero-order valence-corrected chi connectivity index (χ0v) is 9.94. The second-order valence-corrected chi connectivity index (χ2v) is 4.48. The fourth-order valence-corrected chi connectivity index (χ4v) is 3.12. The molecule has 0 unspecified atom stereocenters. The van der Waals surface area contributed by atoms with E-state index >= 15 is 0 Å². The number of rotatable bonds is 1. The maximum absolute atomic E-state index is 8.00. The lowest BCUT2D eigenvalue weighted by molar-refractivity contribution is -0.0979. The molecule has 3 rings (SSSR count). The zero-order chi connectivity index (χ0) is 11.5. The van der Waals surface area contributed by atoms with E-state index in [1.54, 1.807) is 22.3 Å². The first-order chi connectivity index (χ1) is 7.90. The minimum absolute atomic E-state index is 1.29. The van der Waals surface area contributed by atoms with E-state index in [1.165, 1.54) is 44.2 Å². The van der Waals surface area contributed by atoms with E-state index in [0.29, 0.717) is 0 Å². The molecule has 0 spiro atoms. The third-order valence-corrected chi connectivity index (χ3v) is 3.72. The SMILES string of the molecule is C=O.CNc1c2c(cc3c1CCC3)CCC2. The minimum atomic E-state index is 1.29. The molecule has 1 aromatic rings. The molecule has 0 atom stereocenters. The first-order valence-electron chi connectivity index (χ1n) is 6.03. The molecule has 2 heteroatoms. The first kappa shape index (κ1) is 11.2. The van der Waals surface area contributed by atoms with Crippen LogP contribution in [0.15, 0.2) is 6.07 Å². The number of nitrogens with one attached hydrogen (secondary N) is 1. The van der Waals surface area contributed by atoms with E-state index in [9.17, 15) is 0 Å². The molecule has 86 valence electrons. The van der Waals surface area contributed by atoms with Crippen LogP contribution in [0, 0.1) is 0 Å². The van der Waals surface area contributed by atoms with Crippen LogP contribution in [0.5, 0.6) is 0 Å². The van der Waals surface area contributed by atoms with Crippen molar-refractivity contribution >= 4 is 12.5 Å². The Morgan fingerprint density at radius 1 is 1.00 bits per heavy atom. The molecule has 2 nitrogen and oxygen atoms in total. The summed E-state index contributed by atoms with van der Waals surface area (Å²) >= 11 is 0. The van der Waals surface area contributed by atoms with Crippen LogP contribution >= 0.6 is 0 Å². The summed E-state index contributed by atoms with van der Waals surface area (Å²) in [6, 6.07) is 2.48. The van der Waals surface area contributed by atoms with Gasteiger partial charge in [0, 0.05) is 12.7 Å². The molecule has 0 radical (unpaired) electrons. The van der Waals surface area contributed by atoms with E-state index in [-0.39, 0.29) is 0 Å². The van der Waals surface area contributed by atoms with Gasteiger partial charge in [0.1, 0.15) is 6.79 Å². The average Bonchev–Trinajstić information content (AvgIpc) is 2.95. The third-order valence-electron chi connectivity index (χ3n) is 3.72. The summed E-state index contributed by atoms with van der Waals surface area (Å²) in [7, 11) is 2.08. The lowest BCUT2D eigenvalue weighted by atomic mass is 9.99. The lowest BCUT2D eigenvalue weighted by Crippen LogP contribution is -2.00. The summed E-state index contributed by atoms with van der Waals surface area (Å²) in [5.74, 6) is 0. The molecule has 0 saturated carbocycles. The molecule has 0 fully saturated rings.